The van der Waals surface area contributed by atoms with Crippen molar-refractivity contribution in [3.8, 4) is 0 Å². The standard InChI is InChI=1S/C9H21O2P/c1-8(2,3)12(10,11-7)9(4,5)6/h1-7H3. The molecular weight excluding hydrogens is 171 g/mol. The van der Waals surface area contributed by atoms with Gasteiger partial charge in [-0.25, -0.2) is 0 Å². The largest absolute Gasteiger partial charge is 0.331 e. The minimum absolute atomic E-state index is 0.278. The van der Waals surface area contributed by atoms with Crippen LogP contribution >= 0.6 is 7.37 Å². The van der Waals surface area contributed by atoms with Gasteiger partial charge in [0, 0.05) is 17.4 Å². The van der Waals surface area contributed by atoms with Gasteiger partial charge in [0.1, 0.15) is 0 Å². The van der Waals surface area contributed by atoms with Crippen LogP contribution in [-0.4, -0.2) is 17.4 Å². The van der Waals surface area contributed by atoms with Gasteiger partial charge in [0.2, 0.25) is 7.37 Å². The summed E-state index contributed by atoms with van der Waals surface area (Å²) in [7, 11) is -1.03. The molecule has 0 bridgehead atoms. The summed E-state index contributed by atoms with van der Waals surface area (Å²) in [6.07, 6.45) is 0. The summed E-state index contributed by atoms with van der Waals surface area (Å²) in [6.45, 7) is 11.8. The SMILES string of the molecule is COP(=O)(C(C)(C)C)C(C)(C)C. The van der Waals surface area contributed by atoms with Crippen molar-refractivity contribution in [2.45, 2.75) is 51.9 Å². The molecule has 0 aliphatic carbocycles. The molecule has 0 amide bonds. The van der Waals surface area contributed by atoms with E-state index < -0.39 is 7.37 Å². The fourth-order valence-electron chi connectivity index (χ4n) is 1.55. The van der Waals surface area contributed by atoms with Crippen LogP contribution in [0, 0.1) is 0 Å². The normalized spacial score (nSPS) is 14.9. The summed E-state index contributed by atoms with van der Waals surface area (Å²) < 4.78 is 17.6. The fraction of sp³-hybridized carbons (Fsp3) is 1.00. The number of hydrogen-bond donors (Lipinski definition) is 0. The zero-order valence-corrected chi connectivity index (χ0v) is 10.2. The minimum atomic E-state index is -2.57. The van der Waals surface area contributed by atoms with E-state index in [1.165, 1.54) is 7.11 Å². The molecule has 0 aliphatic rings. The first-order chi connectivity index (χ1) is 5.06. The van der Waals surface area contributed by atoms with Gasteiger partial charge in [0.15, 0.2) is 0 Å². The monoisotopic (exact) mass is 192 g/mol. The summed E-state index contributed by atoms with van der Waals surface area (Å²) in [5.41, 5.74) is 0. The molecule has 0 radical (unpaired) electrons. The third kappa shape index (κ3) is 1.92. The molecule has 74 valence electrons. The highest BCUT2D eigenvalue weighted by Crippen LogP contribution is 2.66. The lowest BCUT2D eigenvalue weighted by molar-refractivity contribution is 0.347. The third-order valence-corrected chi connectivity index (χ3v) is 6.07. The van der Waals surface area contributed by atoms with E-state index in [1.807, 2.05) is 41.5 Å². The highest BCUT2D eigenvalue weighted by Gasteiger charge is 2.46. The molecule has 0 unspecified atom stereocenters. The molecule has 0 rings (SSSR count). The maximum Gasteiger partial charge on any atom is 0.213 e. The average Bonchev–Trinajstić information content (AvgIpc) is 1.81. The Hall–Kier alpha value is 0.190. The first-order valence-corrected chi connectivity index (χ1v) is 5.85. The summed E-state index contributed by atoms with van der Waals surface area (Å²) in [4.78, 5) is 0. The summed E-state index contributed by atoms with van der Waals surface area (Å²) in [5, 5.41) is -0.556. The zero-order chi connectivity index (χ0) is 10.2. The quantitative estimate of drug-likeness (QED) is 0.594. The van der Waals surface area contributed by atoms with Gasteiger partial charge in [0.05, 0.1) is 0 Å². The van der Waals surface area contributed by atoms with Crippen molar-refractivity contribution in [2.24, 2.45) is 0 Å². The van der Waals surface area contributed by atoms with Crippen molar-refractivity contribution in [1.82, 2.24) is 0 Å². The van der Waals surface area contributed by atoms with Gasteiger partial charge in [-0.1, -0.05) is 41.5 Å². The second-order valence-electron chi connectivity index (χ2n) is 5.08. The molecule has 0 saturated carbocycles. The van der Waals surface area contributed by atoms with Gasteiger partial charge in [0.25, 0.3) is 0 Å². The molecule has 0 aromatic heterocycles. The molecular formula is C9H21O2P. The van der Waals surface area contributed by atoms with E-state index in [0.717, 1.165) is 0 Å². The van der Waals surface area contributed by atoms with Crippen LogP contribution in [0.15, 0.2) is 0 Å². The third-order valence-electron chi connectivity index (χ3n) is 2.02. The Kier molecular flexibility index (Phi) is 3.21. The van der Waals surface area contributed by atoms with E-state index in [1.54, 1.807) is 0 Å². The van der Waals surface area contributed by atoms with Crippen LogP contribution in [0.2, 0.25) is 0 Å². The minimum Gasteiger partial charge on any atom is -0.331 e. The van der Waals surface area contributed by atoms with E-state index in [2.05, 4.69) is 0 Å². The Morgan fingerprint density at radius 1 is 0.917 bits per heavy atom. The lowest BCUT2D eigenvalue weighted by Crippen LogP contribution is -2.29. The Morgan fingerprint density at radius 3 is 1.17 bits per heavy atom. The summed E-state index contributed by atoms with van der Waals surface area (Å²) >= 11 is 0. The van der Waals surface area contributed by atoms with Gasteiger partial charge in [-0.3, -0.25) is 4.57 Å². The van der Waals surface area contributed by atoms with Crippen molar-refractivity contribution in [2.75, 3.05) is 7.11 Å². The molecule has 0 fully saturated rings. The lowest BCUT2D eigenvalue weighted by Gasteiger charge is -2.38. The first-order valence-electron chi connectivity index (χ1n) is 4.22. The van der Waals surface area contributed by atoms with Crippen LogP contribution in [0.1, 0.15) is 41.5 Å². The Bertz CT molecular complexity index is 178. The molecule has 3 heteroatoms. The van der Waals surface area contributed by atoms with Gasteiger partial charge in [-0.2, -0.15) is 0 Å². The molecule has 0 atom stereocenters. The van der Waals surface area contributed by atoms with Crippen molar-refractivity contribution >= 4 is 7.37 Å². The second kappa shape index (κ2) is 3.16. The molecule has 12 heavy (non-hydrogen) atoms. The highest BCUT2D eigenvalue weighted by molar-refractivity contribution is 7.62. The van der Waals surface area contributed by atoms with E-state index in [0.29, 0.717) is 0 Å². The number of hydrogen-bond acceptors (Lipinski definition) is 2. The first kappa shape index (κ1) is 12.2. The maximum atomic E-state index is 12.4. The van der Waals surface area contributed by atoms with Gasteiger partial charge in [-0.05, 0) is 0 Å². The van der Waals surface area contributed by atoms with Crippen molar-refractivity contribution < 1.29 is 9.09 Å². The second-order valence-corrected chi connectivity index (χ2v) is 9.23. The molecule has 0 spiro atoms. The molecule has 0 heterocycles. The Labute approximate surface area is 76.1 Å². The van der Waals surface area contributed by atoms with Gasteiger partial charge >= 0.3 is 0 Å². The zero-order valence-electron chi connectivity index (χ0n) is 9.26. The van der Waals surface area contributed by atoms with Crippen LogP contribution in [-0.2, 0) is 9.09 Å². The van der Waals surface area contributed by atoms with Crippen molar-refractivity contribution in [1.29, 1.82) is 0 Å². The summed E-state index contributed by atoms with van der Waals surface area (Å²) in [5.74, 6) is 0. The molecule has 2 nitrogen and oxygen atoms in total. The van der Waals surface area contributed by atoms with Crippen molar-refractivity contribution in [3.63, 3.8) is 0 Å². The lowest BCUT2D eigenvalue weighted by atomic mass is 10.2. The van der Waals surface area contributed by atoms with E-state index in [9.17, 15) is 4.57 Å². The Morgan fingerprint density at radius 2 is 1.17 bits per heavy atom. The van der Waals surface area contributed by atoms with Crippen LogP contribution in [0.4, 0.5) is 0 Å². The van der Waals surface area contributed by atoms with Crippen LogP contribution in [0.3, 0.4) is 0 Å². The smallest absolute Gasteiger partial charge is 0.213 e. The van der Waals surface area contributed by atoms with E-state index in [4.69, 9.17) is 4.52 Å². The van der Waals surface area contributed by atoms with Gasteiger partial charge in [-0.15, -0.1) is 0 Å². The van der Waals surface area contributed by atoms with Crippen LogP contribution in [0.25, 0.3) is 0 Å². The molecule has 0 aromatic carbocycles. The Balaban J connectivity index is 5.11. The van der Waals surface area contributed by atoms with Gasteiger partial charge < -0.3 is 4.52 Å². The molecule has 0 aromatic rings. The molecule has 0 saturated heterocycles. The maximum absolute atomic E-state index is 12.4. The molecule has 0 aliphatic heterocycles. The predicted molar refractivity (Wildman–Crippen MR) is 54.1 cm³/mol. The highest BCUT2D eigenvalue weighted by atomic mass is 31.2. The fourth-order valence-corrected chi connectivity index (χ4v) is 4.66. The average molecular weight is 192 g/mol. The van der Waals surface area contributed by atoms with E-state index in [-0.39, 0.29) is 10.3 Å². The van der Waals surface area contributed by atoms with Crippen LogP contribution < -0.4 is 0 Å². The predicted octanol–water partition coefficient (Wildman–Crippen LogP) is 3.51. The van der Waals surface area contributed by atoms with E-state index >= 15 is 0 Å². The number of rotatable bonds is 1. The van der Waals surface area contributed by atoms with Crippen LogP contribution in [0.5, 0.6) is 0 Å². The molecule has 0 N–H and O–H groups in total. The van der Waals surface area contributed by atoms with Crippen molar-refractivity contribution in [3.05, 3.63) is 0 Å². The summed E-state index contributed by atoms with van der Waals surface area (Å²) in [6, 6.07) is 0. The topological polar surface area (TPSA) is 26.3 Å².